The third-order valence-corrected chi connectivity index (χ3v) is 4.05. The van der Waals surface area contributed by atoms with Crippen LogP contribution >= 0.6 is 0 Å². The van der Waals surface area contributed by atoms with Crippen LogP contribution in [0.15, 0.2) is 18.2 Å². The number of carbonyl (C=O) groups is 3. The number of rotatable bonds is 3. The highest BCUT2D eigenvalue weighted by Crippen LogP contribution is 2.31. The van der Waals surface area contributed by atoms with Crippen molar-refractivity contribution < 1.29 is 19.5 Å². The second-order valence-corrected chi connectivity index (χ2v) is 5.54. The summed E-state index contributed by atoms with van der Waals surface area (Å²) in [5, 5.41) is 11.6. The molecule has 2 atom stereocenters. The van der Waals surface area contributed by atoms with Crippen molar-refractivity contribution in [2.75, 3.05) is 0 Å². The molecule has 0 spiro atoms. The van der Waals surface area contributed by atoms with Crippen molar-refractivity contribution in [3.8, 4) is 0 Å². The van der Waals surface area contributed by atoms with Crippen LogP contribution in [0.5, 0.6) is 0 Å². The molecule has 1 aliphatic rings. The lowest BCUT2D eigenvalue weighted by molar-refractivity contribution is -0.147. The molecule has 0 bridgehead atoms. The van der Waals surface area contributed by atoms with Crippen LogP contribution in [0.1, 0.15) is 30.5 Å². The molecule has 0 aliphatic carbocycles. The fraction of sp³-hybridized carbons (Fsp3) is 0.400. The third-order valence-electron chi connectivity index (χ3n) is 4.05. The summed E-state index contributed by atoms with van der Waals surface area (Å²) in [4.78, 5) is 36.4. The number of amides is 3. The maximum absolute atomic E-state index is 12.6. The maximum Gasteiger partial charge on any atom is 0.326 e. The number of hydrogen-bond acceptors (Lipinski definition) is 3. The molecular weight excluding hydrogens is 272 g/mol. The average molecular weight is 290 g/mol. The van der Waals surface area contributed by atoms with Crippen LogP contribution in [-0.2, 0) is 15.1 Å². The van der Waals surface area contributed by atoms with Crippen LogP contribution in [0.4, 0.5) is 4.79 Å². The monoisotopic (exact) mass is 290 g/mol. The number of urea groups is 1. The Morgan fingerprint density at radius 2 is 1.90 bits per heavy atom. The molecule has 0 aromatic heterocycles. The zero-order chi connectivity index (χ0) is 15.9. The highest BCUT2D eigenvalue weighted by molar-refractivity contribution is 6.09. The van der Waals surface area contributed by atoms with E-state index in [9.17, 15) is 14.4 Å². The molecule has 2 rings (SSSR count). The largest absolute Gasteiger partial charge is 0.480 e. The first-order chi connectivity index (χ1) is 9.68. The van der Waals surface area contributed by atoms with Crippen molar-refractivity contribution in [3.63, 3.8) is 0 Å². The fourth-order valence-electron chi connectivity index (χ4n) is 2.37. The van der Waals surface area contributed by atoms with Gasteiger partial charge in [-0.1, -0.05) is 18.2 Å². The van der Waals surface area contributed by atoms with E-state index in [1.54, 1.807) is 13.0 Å². The second kappa shape index (κ2) is 4.87. The van der Waals surface area contributed by atoms with Gasteiger partial charge in [0.2, 0.25) is 0 Å². The lowest BCUT2D eigenvalue weighted by Crippen LogP contribution is -2.45. The minimum atomic E-state index is -1.24. The summed E-state index contributed by atoms with van der Waals surface area (Å²) < 4.78 is 0. The summed E-state index contributed by atoms with van der Waals surface area (Å²) in [6.07, 6.45) is 0. The number of aliphatic carboxylic acids is 1. The Balaban J connectivity index is 2.44. The first-order valence-electron chi connectivity index (χ1n) is 6.65. The van der Waals surface area contributed by atoms with E-state index in [2.05, 4.69) is 5.32 Å². The average Bonchev–Trinajstić information content (AvgIpc) is 2.63. The molecule has 0 radical (unpaired) electrons. The summed E-state index contributed by atoms with van der Waals surface area (Å²) in [6, 6.07) is 3.60. The van der Waals surface area contributed by atoms with Crippen molar-refractivity contribution in [1.29, 1.82) is 0 Å². The van der Waals surface area contributed by atoms with Gasteiger partial charge in [0.25, 0.3) is 5.91 Å². The van der Waals surface area contributed by atoms with Crippen LogP contribution < -0.4 is 5.32 Å². The first-order valence-corrected chi connectivity index (χ1v) is 6.65. The molecule has 1 aliphatic heterocycles. The normalized spacial score (nSPS) is 23.1. The van der Waals surface area contributed by atoms with Gasteiger partial charge >= 0.3 is 12.0 Å². The lowest BCUT2D eigenvalue weighted by atomic mass is 9.89. The molecule has 112 valence electrons. The molecule has 1 aromatic rings. The third kappa shape index (κ3) is 2.26. The predicted octanol–water partition coefficient (Wildman–Crippen LogP) is 1.54. The number of benzene rings is 1. The molecule has 1 saturated heterocycles. The molecule has 1 heterocycles. The molecule has 6 heteroatoms. The Morgan fingerprint density at radius 1 is 1.29 bits per heavy atom. The number of nitrogens with one attached hydrogen (secondary N) is 1. The van der Waals surface area contributed by atoms with Gasteiger partial charge in [-0.2, -0.15) is 0 Å². The van der Waals surface area contributed by atoms with E-state index in [-0.39, 0.29) is 0 Å². The molecule has 1 fully saturated rings. The molecule has 2 N–H and O–H groups in total. The van der Waals surface area contributed by atoms with Crippen molar-refractivity contribution in [2.24, 2.45) is 0 Å². The van der Waals surface area contributed by atoms with Gasteiger partial charge in [0.05, 0.1) is 0 Å². The Morgan fingerprint density at radius 3 is 2.43 bits per heavy atom. The summed E-state index contributed by atoms with van der Waals surface area (Å²) >= 11 is 0. The number of carboxylic acids is 1. The van der Waals surface area contributed by atoms with Gasteiger partial charge < -0.3 is 10.4 Å². The lowest BCUT2D eigenvalue weighted by Gasteiger charge is -2.24. The molecule has 1 aromatic carbocycles. The van der Waals surface area contributed by atoms with Crippen molar-refractivity contribution in [3.05, 3.63) is 34.9 Å². The Bertz CT molecular complexity index is 641. The van der Waals surface area contributed by atoms with Crippen LogP contribution in [-0.4, -0.2) is 34.0 Å². The molecule has 21 heavy (non-hydrogen) atoms. The summed E-state index contributed by atoms with van der Waals surface area (Å²) in [6.45, 7) is 6.77. The van der Waals surface area contributed by atoms with E-state index in [1.807, 2.05) is 26.0 Å². The first kappa shape index (κ1) is 15.0. The number of carboxylic acid groups (broad SMARTS) is 1. The topological polar surface area (TPSA) is 86.7 Å². The van der Waals surface area contributed by atoms with E-state index in [0.29, 0.717) is 5.56 Å². The Labute approximate surface area is 122 Å². The number of aryl methyl sites for hydroxylation is 2. The minimum Gasteiger partial charge on any atom is -0.480 e. The summed E-state index contributed by atoms with van der Waals surface area (Å²) in [5.41, 5.74) is 1.48. The smallest absolute Gasteiger partial charge is 0.326 e. The number of carbonyl (C=O) groups excluding carboxylic acids is 2. The zero-order valence-electron chi connectivity index (χ0n) is 12.4. The van der Waals surface area contributed by atoms with Gasteiger partial charge in [-0.15, -0.1) is 0 Å². The van der Waals surface area contributed by atoms with Crippen molar-refractivity contribution in [2.45, 2.75) is 39.3 Å². The van der Waals surface area contributed by atoms with Gasteiger partial charge in [0.1, 0.15) is 11.6 Å². The van der Waals surface area contributed by atoms with E-state index in [0.717, 1.165) is 16.0 Å². The van der Waals surface area contributed by atoms with Crippen LogP contribution in [0.2, 0.25) is 0 Å². The van der Waals surface area contributed by atoms with E-state index < -0.39 is 29.5 Å². The fourth-order valence-corrected chi connectivity index (χ4v) is 2.37. The Kier molecular flexibility index (Phi) is 3.49. The van der Waals surface area contributed by atoms with E-state index >= 15 is 0 Å². The van der Waals surface area contributed by atoms with Gasteiger partial charge in [-0.25, -0.2) is 14.5 Å². The van der Waals surface area contributed by atoms with Gasteiger partial charge in [0, 0.05) is 0 Å². The number of hydrogen-bond donors (Lipinski definition) is 2. The number of nitrogens with zero attached hydrogens (tertiary/aromatic N) is 1. The zero-order valence-corrected chi connectivity index (χ0v) is 12.4. The highest BCUT2D eigenvalue weighted by Gasteiger charge is 2.51. The van der Waals surface area contributed by atoms with E-state index in [1.165, 1.54) is 6.92 Å². The number of imide groups is 1. The maximum atomic E-state index is 12.6. The Hall–Kier alpha value is -2.37. The molecule has 0 saturated carbocycles. The SMILES string of the molecule is Cc1ccc(C2(C)NC(=O)N(C(C)C(=O)O)C2=O)cc1C. The van der Waals surface area contributed by atoms with Gasteiger partial charge in [-0.3, -0.25) is 4.79 Å². The predicted molar refractivity (Wildman–Crippen MR) is 75.7 cm³/mol. The van der Waals surface area contributed by atoms with Crippen molar-refractivity contribution in [1.82, 2.24) is 10.2 Å². The van der Waals surface area contributed by atoms with Crippen LogP contribution in [0.3, 0.4) is 0 Å². The van der Waals surface area contributed by atoms with E-state index in [4.69, 9.17) is 5.11 Å². The summed E-state index contributed by atoms with van der Waals surface area (Å²) in [5.74, 6) is -1.77. The molecular formula is C15H18N2O4. The van der Waals surface area contributed by atoms with Gasteiger partial charge in [0.15, 0.2) is 0 Å². The van der Waals surface area contributed by atoms with Crippen molar-refractivity contribution >= 4 is 17.9 Å². The minimum absolute atomic E-state index is 0.550. The van der Waals surface area contributed by atoms with Crippen LogP contribution in [0.25, 0.3) is 0 Å². The molecule has 3 amide bonds. The second-order valence-electron chi connectivity index (χ2n) is 5.54. The molecule has 6 nitrogen and oxygen atoms in total. The standard InChI is InChI=1S/C15H18N2O4/c1-8-5-6-11(7-9(8)2)15(4)13(20)17(14(21)16-15)10(3)12(18)19/h5-7,10H,1-4H3,(H,16,21)(H,18,19). The van der Waals surface area contributed by atoms with Crippen LogP contribution in [0, 0.1) is 13.8 Å². The highest BCUT2D eigenvalue weighted by atomic mass is 16.4. The quantitative estimate of drug-likeness (QED) is 0.827. The van der Waals surface area contributed by atoms with Gasteiger partial charge in [-0.05, 0) is 44.4 Å². The summed E-state index contributed by atoms with van der Waals surface area (Å²) in [7, 11) is 0. The molecule has 2 unspecified atom stereocenters.